The van der Waals surface area contributed by atoms with Crippen LogP contribution in [0, 0.1) is 0 Å². The lowest BCUT2D eigenvalue weighted by atomic mass is 10.3. The predicted molar refractivity (Wildman–Crippen MR) is 77.3 cm³/mol. The van der Waals surface area contributed by atoms with Crippen LogP contribution in [0.3, 0.4) is 0 Å². The largest absolute Gasteiger partial charge is 0.464 e. The van der Waals surface area contributed by atoms with Crippen LogP contribution in [0.15, 0.2) is 27.1 Å². The van der Waals surface area contributed by atoms with Crippen LogP contribution >= 0.6 is 31.9 Å². The van der Waals surface area contributed by atoms with Crippen molar-refractivity contribution in [2.45, 2.75) is 6.92 Å². The van der Waals surface area contributed by atoms with E-state index < -0.39 is 0 Å². The van der Waals surface area contributed by atoms with Gasteiger partial charge in [0.05, 0.1) is 11.1 Å². The summed E-state index contributed by atoms with van der Waals surface area (Å²) in [5, 5.41) is 0. The Kier molecular flexibility index (Phi) is 4.54. The summed E-state index contributed by atoms with van der Waals surface area (Å²) in [7, 11) is 0. The number of hydrogen-bond acceptors (Lipinski definition) is 6. The number of hydrogen-bond donors (Lipinski definition) is 1. The van der Waals surface area contributed by atoms with Crippen molar-refractivity contribution < 1.29 is 9.47 Å². The van der Waals surface area contributed by atoms with Crippen molar-refractivity contribution in [2.75, 3.05) is 12.3 Å². The fourth-order valence-corrected chi connectivity index (χ4v) is 2.38. The molecule has 0 aliphatic carbocycles. The maximum Gasteiger partial charge on any atom is 0.330 e. The minimum Gasteiger partial charge on any atom is -0.464 e. The molecule has 0 unspecified atom stereocenters. The van der Waals surface area contributed by atoms with E-state index in [2.05, 4.69) is 46.8 Å². The third-order valence-electron chi connectivity index (χ3n) is 1.98. The van der Waals surface area contributed by atoms with Crippen LogP contribution in [-0.4, -0.2) is 21.6 Å². The second-order valence-corrected chi connectivity index (χ2v) is 5.14. The first-order chi connectivity index (χ1) is 9.08. The summed E-state index contributed by atoms with van der Waals surface area (Å²) >= 11 is 6.74. The third-order valence-corrected chi connectivity index (χ3v) is 3.09. The molecular formula is C11H10Br2N4O2. The van der Waals surface area contributed by atoms with Crippen molar-refractivity contribution in [3.63, 3.8) is 0 Å². The molecule has 0 atom stereocenters. The van der Waals surface area contributed by atoms with Gasteiger partial charge in [-0.3, -0.25) is 0 Å². The molecule has 100 valence electrons. The molecule has 0 fully saturated rings. The van der Waals surface area contributed by atoms with Gasteiger partial charge in [0.15, 0.2) is 0 Å². The van der Waals surface area contributed by atoms with Gasteiger partial charge in [-0.25, -0.2) is 0 Å². The maximum atomic E-state index is 5.56. The lowest BCUT2D eigenvalue weighted by Crippen LogP contribution is -2.04. The normalized spacial score (nSPS) is 10.3. The van der Waals surface area contributed by atoms with Crippen molar-refractivity contribution in [1.82, 2.24) is 15.0 Å². The highest BCUT2D eigenvalue weighted by atomic mass is 79.9. The van der Waals surface area contributed by atoms with Crippen LogP contribution in [0.1, 0.15) is 6.92 Å². The van der Waals surface area contributed by atoms with Crippen molar-refractivity contribution >= 4 is 37.8 Å². The molecule has 1 aromatic heterocycles. The summed E-state index contributed by atoms with van der Waals surface area (Å²) in [6, 6.07) is 5.68. The topological polar surface area (TPSA) is 83.2 Å². The van der Waals surface area contributed by atoms with Gasteiger partial charge >= 0.3 is 12.0 Å². The Bertz CT molecular complexity index is 595. The first kappa shape index (κ1) is 14.0. The third kappa shape index (κ3) is 3.77. The molecule has 19 heavy (non-hydrogen) atoms. The first-order valence-corrected chi connectivity index (χ1v) is 6.94. The molecule has 6 nitrogen and oxygen atoms in total. The van der Waals surface area contributed by atoms with E-state index in [1.54, 1.807) is 6.07 Å². The lowest BCUT2D eigenvalue weighted by molar-refractivity contribution is 0.304. The van der Waals surface area contributed by atoms with Gasteiger partial charge < -0.3 is 15.2 Å². The van der Waals surface area contributed by atoms with Crippen LogP contribution in [0.4, 0.5) is 5.95 Å². The Hall–Kier alpha value is -1.41. The molecule has 0 amide bonds. The highest BCUT2D eigenvalue weighted by Crippen LogP contribution is 2.31. The molecule has 1 heterocycles. The van der Waals surface area contributed by atoms with Crippen LogP contribution < -0.4 is 15.2 Å². The molecule has 0 saturated carbocycles. The molecule has 8 heteroatoms. The van der Waals surface area contributed by atoms with E-state index in [0.717, 1.165) is 8.95 Å². The number of nitrogens with zero attached hydrogens (tertiary/aromatic N) is 3. The number of benzene rings is 1. The number of anilines is 1. The van der Waals surface area contributed by atoms with E-state index in [1.807, 2.05) is 19.1 Å². The summed E-state index contributed by atoms with van der Waals surface area (Å²) in [5.74, 6) is 0.609. The van der Waals surface area contributed by atoms with E-state index >= 15 is 0 Å². The number of halogens is 2. The highest BCUT2D eigenvalue weighted by Gasteiger charge is 2.09. The zero-order valence-corrected chi connectivity index (χ0v) is 13.1. The highest BCUT2D eigenvalue weighted by molar-refractivity contribution is 9.11. The monoisotopic (exact) mass is 388 g/mol. The molecule has 0 radical (unpaired) electrons. The van der Waals surface area contributed by atoms with Crippen molar-refractivity contribution in [3.05, 3.63) is 27.1 Å². The Labute approximate surface area is 126 Å². The Morgan fingerprint density at radius 1 is 1.16 bits per heavy atom. The van der Waals surface area contributed by atoms with Crippen LogP contribution in [-0.2, 0) is 0 Å². The van der Waals surface area contributed by atoms with Crippen molar-refractivity contribution in [2.24, 2.45) is 0 Å². The SMILES string of the molecule is CCOc1nc(N)nc(Oc2ccc(Br)cc2Br)n1. The zero-order valence-electron chi connectivity index (χ0n) is 9.93. The average Bonchev–Trinajstić information content (AvgIpc) is 2.32. The van der Waals surface area contributed by atoms with E-state index in [9.17, 15) is 0 Å². The molecule has 0 aliphatic rings. The lowest BCUT2D eigenvalue weighted by Gasteiger charge is -2.08. The summed E-state index contributed by atoms with van der Waals surface area (Å²) in [6.07, 6.45) is 0. The molecule has 2 N–H and O–H groups in total. The Morgan fingerprint density at radius 3 is 2.58 bits per heavy atom. The second kappa shape index (κ2) is 6.16. The first-order valence-electron chi connectivity index (χ1n) is 5.35. The van der Waals surface area contributed by atoms with E-state index in [1.165, 1.54) is 0 Å². The minimum atomic E-state index is 0.0432. The maximum absolute atomic E-state index is 5.56. The molecule has 0 spiro atoms. The molecule has 2 aromatic rings. The summed E-state index contributed by atoms with van der Waals surface area (Å²) in [5.41, 5.74) is 5.56. The fourth-order valence-electron chi connectivity index (χ4n) is 1.25. The van der Waals surface area contributed by atoms with Gasteiger partial charge in [0.1, 0.15) is 5.75 Å². The van der Waals surface area contributed by atoms with Gasteiger partial charge in [-0.2, -0.15) is 9.97 Å². The van der Waals surface area contributed by atoms with Gasteiger partial charge in [-0.15, -0.1) is 4.98 Å². The van der Waals surface area contributed by atoms with Gasteiger partial charge in [0.25, 0.3) is 0 Å². The predicted octanol–water partition coefficient (Wildman–Crippen LogP) is 3.17. The van der Waals surface area contributed by atoms with Gasteiger partial charge in [0, 0.05) is 4.47 Å². The minimum absolute atomic E-state index is 0.0432. The molecule has 0 bridgehead atoms. The summed E-state index contributed by atoms with van der Waals surface area (Å²) in [6.45, 7) is 2.26. The average molecular weight is 390 g/mol. The molecule has 2 rings (SSSR count). The van der Waals surface area contributed by atoms with Crippen molar-refractivity contribution in [3.8, 4) is 17.8 Å². The number of nitrogens with two attached hydrogens (primary N) is 1. The fraction of sp³-hybridized carbons (Fsp3) is 0.182. The van der Waals surface area contributed by atoms with Crippen LogP contribution in [0.2, 0.25) is 0 Å². The Balaban J connectivity index is 2.27. The van der Waals surface area contributed by atoms with E-state index in [-0.39, 0.29) is 18.0 Å². The van der Waals surface area contributed by atoms with Gasteiger partial charge in [-0.1, -0.05) is 15.9 Å². The smallest absolute Gasteiger partial charge is 0.330 e. The number of nitrogen functional groups attached to an aromatic ring is 1. The molecule has 1 aromatic carbocycles. The van der Waals surface area contributed by atoms with Crippen LogP contribution in [0.25, 0.3) is 0 Å². The summed E-state index contributed by atoms with van der Waals surface area (Å²) < 4.78 is 12.4. The Morgan fingerprint density at radius 2 is 1.89 bits per heavy atom. The molecule has 0 aliphatic heterocycles. The molecule has 0 saturated heterocycles. The standard InChI is InChI=1S/C11H10Br2N4O2/c1-2-18-10-15-9(14)16-11(17-10)19-8-4-3-6(12)5-7(8)13/h3-5H,2H2,1H3,(H2,14,15,16,17). The summed E-state index contributed by atoms with van der Waals surface area (Å²) in [4.78, 5) is 11.7. The number of rotatable bonds is 4. The van der Waals surface area contributed by atoms with E-state index in [0.29, 0.717) is 12.4 Å². The second-order valence-electron chi connectivity index (χ2n) is 3.37. The van der Waals surface area contributed by atoms with Crippen molar-refractivity contribution in [1.29, 1.82) is 0 Å². The number of aromatic nitrogens is 3. The quantitative estimate of drug-likeness (QED) is 0.864. The zero-order chi connectivity index (χ0) is 13.8. The van der Waals surface area contributed by atoms with Gasteiger partial charge in [0.2, 0.25) is 5.95 Å². The van der Waals surface area contributed by atoms with Crippen LogP contribution in [0.5, 0.6) is 17.8 Å². The molecular weight excluding hydrogens is 380 g/mol. The van der Waals surface area contributed by atoms with Gasteiger partial charge in [-0.05, 0) is 41.1 Å². The number of ether oxygens (including phenoxy) is 2. The van der Waals surface area contributed by atoms with E-state index in [4.69, 9.17) is 15.2 Å².